The van der Waals surface area contributed by atoms with E-state index in [0.717, 1.165) is 37.1 Å². The van der Waals surface area contributed by atoms with E-state index in [1.807, 2.05) is 30.2 Å². The lowest BCUT2D eigenvalue weighted by atomic mass is 9.93. The van der Waals surface area contributed by atoms with Crippen molar-refractivity contribution in [3.63, 3.8) is 0 Å². The highest BCUT2D eigenvalue weighted by Gasteiger charge is 2.25. The van der Waals surface area contributed by atoms with Crippen molar-refractivity contribution in [1.29, 1.82) is 0 Å². The Hall–Kier alpha value is -2.10. The maximum Gasteiger partial charge on any atom is 0.254 e. The largest absolute Gasteiger partial charge is 0.348 e. The summed E-state index contributed by atoms with van der Waals surface area (Å²) in [7, 11) is 0. The quantitative estimate of drug-likeness (QED) is 0.921. The van der Waals surface area contributed by atoms with Crippen LogP contribution in [0.1, 0.15) is 45.9 Å². The molecule has 1 saturated heterocycles. The molecule has 0 bridgehead atoms. The third-order valence-electron chi connectivity index (χ3n) is 4.58. The molecule has 1 N–H and O–H groups in total. The monoisotopic (exact) mass is 283 g/mol. The summed E-state index contributed by atoms with van der Waals surface area (Å²) >= 11 is 0. The molecule has 1 aromatic heterocycles. The van der Waals surface area contributed by atoms with Gasteiger partial charge in [0.05, 0.1) is 6.33 Å². The Kier molecular flexibility index (Phi) is 3.78. The molecule has 0 unspecified atom stereocenters. The van der Waals surface area contributed by atoms with Crippen LogP contribution in [0.25, 0.3) is 0 Å². The predicted octanol–water partition coefficient (Wildman–Crippen LogP) is 3.05. The fourth-order valence-corrected chi connectivity index (χ4v) is 3.04. The van der Waals surface area contributed by atoms with Gasteiger partial charge in [-0.1, -0.05) is 12.1 Å². The second-order valence-electron chi connectivity index (χ2n) is 5.82. The standard InChI is InChI=1S/C17H21N3O/c1-12-4-3-5-15(13(12)2)17(21)20-8-6-14(7-9-20)16-10-18-11-19-16/h3-5,10-11,14H,6-9H2,1-2H3,(H,18,19). The second-order valence-corrected chi connectivity index (χ2v) is 5.82. The average molecular weight is 283 g/mol. The molecule has 1 aliphatic rings. The Morgan fingerprint density at radius 2 is 2.05 bits per heavy atom. The fraction of sp³-hybridized carbons (Fsp3) is 0.412. The highest BCUT2D eigenvalue weighted by atomic mass is 16.2. The van der Waals surface area contributed by atoms with Gasteiger partial charge in [0, 0.05) is 36.5 Å². The van der Waals surface area contributed by atoms with Gasteiger partial charge in [0.2, 0.25) is 0 Å². The number of hydrogen-bond acceptors (Lipinski definition) is 2. The molecule has 21 heavy (non-hydrogen) atoms. The molecule has 0 radical (unpaired) electrons. The van der Waals surface area contributed by atoms with Crippen molar-refractivity contribution in [2.45, 2.75) is 32.6 Å². The topological polar surface area (TPSA) is 49.0 Å². The number of nitrogens with one attached hydrogen (secondary N) is 1. The first-order valence-electron chi connectivity index (χ1n) is 7.50. The Balaban J connectivity index is 1.69. The van der Waals surface area contributed by atoms with Crippen molar-refractivity contribution in [3.05, 3.63) is 53.1 Å². The minimum atomic E-state index is 0.166. The van der Waals surface area contributed by atoms with Crippen LogP contribution in [0.3, 0.4) is 0 Å². The van der Waals surface area contributed by atoms with Crippen LogP contribution >= 0.6 is 0 Å². The van der Waals surface area contributed by atoms with Gasteiger partial charge in [-0.3, -0.25) is 4.79 Å². The first-order valence-corrected chi connectivity index (χ1v) is 7.50. The second kappa shape index (κ2) is 5.72. The molecule has 0 spiro atoms. The summed E-state index contributed by atoms with van der Waals surface area (Å²) in [6, 6.07) is 5.95. The summed E-state index contributed by atoms with van der Waals surface area (Å²) in [6.07, 6.45) is 5.62. The molecule has 1 amide bonds. The van der Waals surface area contributed by atoms with Crippen LogP contribution in [0.5, 0.6) is 0 Å². The molecule has 0 saturated carbocycles. The summed E-state index contributed by atoms with van der Waals surface area (Å²) in [5.41, 5.74) is 4.30. The average Bonchev–Trinajstić information content (AvgIpc) is 3.04. The van der Waals surface area contributed by atoms with Crippen LogP contribution in [0.2, 0.25) is 0 Å². The maximum atomic E-state index is 12.7. The lowest BCUT2D eigenvalue weighted by molar-refractivity contribution is 0.0711. The van der Waals surface area contributed by atoms with Gasteiger partial charge in [-0.2, -0.15) is 0 Å². The highest BCUT2D eigenvalue weighted by Crippen LogP contribution is 2.27. The SMILES string of the molecule is Cc1cccc(C(=O)N2CCC(c3cnc[nH]3)CC2)c1C. The van der Waals surface area contributed by atoms with Gasteiger partial charge < -0.3 is 9.88 Å². The van der Waals surface area contributed by atoms with E-state index in [2.05, 4.69) is 23.0 Å². The number of aryl methyl sites for hydroxylation is 1. The summed E-state index contributed by atoms with van der Waals surface area (Å²) in [6.45, 7) is 5.71. The van der Waals surface area contributed by atoms with Crippen molar-refractivity contribution in [3.8, 4) is 0 Å². The first kappa shape index (κ1) is 13.9. The Morgan fingerprint density at radius 3 is 2.71 bits per heavy atom. The van der Waals surface area contributed by atoms with Crippen molar-refractivity contribution >= 4 is 5.91 Å². The number of piperidine rings is 1. The third-order valence-corrected chi connectivity index (χ3v) is 4.58. The number of likely N-dealkylation sites (tertiary alicyclic amines) is 1. The molecule has 0 aliphatic carbocycles. The molecule has 4 heteroatoms. The molecule has 1 fully saturated rings. The number of rotatable bonds is 2. The molecule has 1 aliphatic heterocycles. The van der Waals surface area contributed by atoms with Crippen molar-refractivity contribution in [1.82, 2.24) is 14.9 Å². The van der Waals surface area contributed by atoms with Crippen LogP contribution in [0, 0.1) is 13.8 Å². The van der Waals surface area contributed by atoms with E-state index in [1.165, 1.54) is 11.3 Å². The summed E-state index contributed by atoms with van der Waals surface area (Å²) in [5, 5.41) is 0. The number of aromatic amines is 1. The predicted molar refractivity (Wildman–Crippen MR) is 82.4 cm³/mol. The van der Waals surface area contributed by atoms with E-state index in [1.54, 1.807) is 6.33 Å². The van der Waals surface area contributed by atoms with Crippen LogP contribution in [0.15, 0.2) is 30.7 Å². The van der Waals surface area contributed by atoms with E-state index in [4.69, 9.17) is 0 Å². The van der Waals surface area contributed by atoms with Crippen molar-refractivity contribution in [2.75, 3.05) is 13.1 Å². The summed E-state index contributed by atoms with van der Waals surface area (Å²) < 4.78 is 0. The van der Waals surface area contributed by atoms with Crippen LogP contribution in [-0.2, 0) is 0 Å². The van der Waals surface area contributed by atoms with Gasteiger partial charge in [0.1, 0.15) is 0 Å². The first-order chi connectivity index (χ1) is 10.2. The molecule has 3 rings (SSSR count). The Morgan fingerprint density at radius 1 is 1.29 bits per heavy atom. The highest BCUT2D eigenvalue weighted by molar-refractivity contribution is 5.96. The molecule has 1 aromatic carbocycles. The summed E-state index contributed by atoms with van der Waals surface area (Å²) in [5.74, 6) is 0.661. The van der Waals surface area contributed by atoms with Crippen LogP contribution in [0.4, 0.5) is 0 Å². The lowest BCUT2D eigenvalue weighted by Crippen LogP contribution is -2.38. The molecule has 2 heterocycles. The van der Waals surface area contributed by atoms with Crippen molar-refractivity contribution in [2.24, 2.45) is 0 Å². The molecule has 110 valence electrons. The molecule has 2 aromatic rings. The van der Waals surface area contributed by atoms with Gasteiger partial charge in [-0.15, -0.1) is 0 Å². The van der Waals surface area contributed by atoms with Crippen LogP contribution in [-0.4, -0.2) is 33.9 Å². The number of hydrogen-bond donors (Lipinski definition) is 1. The number of carbonyl (C=O) groups excluding carboxylic acids is 1. The zero-order valence-electron chi connectivity index (χ0n) is 12.6. The fourth-order valence-electron chi connectivity index (χ4n) is 3.04. The minimum absolute atomic E-state index is 0.166. The van der Waals surface area contributed by atoms with Gasteiger partial charge in [-0.05, 0) is 43.9 Å². The number of aromatic nitrogens is 2. The molecule has 4 nitrogen and oxygen atoms in total. The smallest absolute Gasteiger partial charge is 0.254 e. The van der Waals surface area contributed by atoms with Gasteiger partial charge in [-0.25, -0.2) is 4.98 Å². The van der Waals surface area contributed by atoms with E-state index in [-0.39, 0.29) is 5.91 Å². The van der Waals surface area contributed by atoms with Crippen LogP contribution < -0.4 is 0 Å². The third kappa shape index (κ3) is 2.71. The minimum Gasteiger partial charge on any atom is -0.348 e. The molecular weight excluding hydrogens is 262 g/mol. The zero-order chi connectivity index (χ0) is 14.8. The number of H-pyrrole nitrogens is 1. The van der Waals surface area contributed by atoms with E-state index < -0.39 is 0 Å². The Labute approximate surface area is 125 Å². The zero-order valence-corrected chi connectivity index (χ0v) is 12.6. The molecular formula is C17H21N3O. The van der Waals surface area contributed by atoms with Gasteiger partial charge in [0.25, 0.3) is 5.91 Å². The number of carbonyl (C=O) groups is 1. The van der Waals surface area contributed by atoms with Crippen molar-refractivity contribution < 1.29 is 4.79 Å². The van der Waals surface area contributed by atoms with E-state index in [9.17, 15) is 4.79 Å². The lowest BCUT2D eigenvalue weighted by Gasteiger charge is -2.32. The Bertz CT molecular complexity index is 625. The maximum absolute atomic E-state index is 12.7. The van der Waals surface area contributed by atoms with Gasteiger partial charge in [0.15, 0.2) is 0 Å². The van der Waals surface area contributed by atoms with E-state index in [0.29, 0.717) is 5.92 Å². The van der Waals surface area contributed by atoms with E-state index >= 15 is 0 Å². The number of nitrogens with zero attached hydrogens (tertiary/aromatic N) is 2. The number of imidazole rings is 1. The number of benzene rings is 1. The normalized spacial score (nSPS) is 16.2. The molecule has 0 atom stereocenters. The number of amides is 1. The summed E-state index contributed by atoms with van der Waals surface area (Å²) in [4.78, 5) is 21.9. The van der Waals surface area contributed by atoms with Gasteiger partial charge >= 0.3 is 0 Å².